The maximum absolute atomic E-state index is 12.0. The van der Waals surface area contributed by atoms with E-state index in [1.807, 2.05) is 10.9 Å². The second-order valence-electron chi connectivity index (χ2n) is 11.5. The second kappa shape index (κ2) is 12.2. The number of carbonyl (C=O) groups excluding carboxylic acids is 2. The van der Waals surface area contributed by atoms with Gasteiger partial charge in [0, 0.05) is 33.0 Å². The van der Waals surface area contributed by atoms with Crippen molar-refractivity contribution in [2.24, 2.45) is 21.7 Å². The minimum atomic E-state index is -0.985. The molecule has 4 aromatic rings. The van der Waals surface area contributed by atoms with Crippen molar-refractivity contribution < 1.29 is 40.2 Å². The van der Waals surface area contributed by atoms with Crippen molar-refractivity contribution in [3.05, 3.63) is 45.5 Å². The number of fused-ring (bicyclic) bond motifs is 2. The molecule has 0 aliphatic heterocycles. The molecule has 0 fully saturated rings. The van der Waals surface area contributed by atoms with Crippen LogP contribution in [0.25, 0.3) is 32.7 Å². The van der Waals surface area contributed by atoms with Gasteiger partial charge in [-0.3, -0.25) is 0 Å². The summed E-state index contributed by atoms with van der Waals surface area (Å²) in [7, 11) is 0. The quantitative estimate of drug-likeness (QED) is 0.0769. The highest BCUT2D eigenvalue weighted by atomic mass is 16.3. The Balaban J connectivity index is 2.23. The van der Waals surface area contributed by atoms with Gasteiger partial charge >= 0.3 is 12.1 Å². The number of aromatic hydroxyl groups is 6. The first-order valence-corrected chi connectivity index (χ1v) is 14.2. The van der Waals surface area contributed by atoms with Gasteiger partial charge in [-0.15, -0.1) is 0 Å². The third-order valence-corrected chi connectivity index (χ3v) is 7.73. The number of amides is 4. The average Bonchev–Trinajstić information content (AvgIpc) is 2.94. The van der Waals surface area contributed by atoms with E-state index in [1.165, 1.54) is 0 Å². The maximum atomic E-state index is 12.0. The Labute approximate surface area is 263 Å². The zero-order valence-electron chi connectivity index (χ0n) is 26.0. The molecule has 0 heterocycles. The highest BCUT2D eigenvalue weighted by molar-refractivity contribution is 6.15. The van der Waals surface area contributed by atoms with E-state index in [1.54, 1.807) is 53.7 Å². The van der Waals surface area contributed by atoms with Gasteiger partial charge in [-0.25, -0.2) is 20.4 Å². The number of aryl methyl sites for hydroxylation is 2. The molecule has 0 spiro atoms. The number of primary amides is 2. The van der Waals surface area contributed by atoms with E-state index >= 15 is 0 Å². The molecule has 0 aromatic heterocycles. The zero-order chi connectivity index (χ0) is 34.4. The molecule has 0 unspecified atom stereocenters. The summed E-state index contributed by atoms with van der Waals surface area (Å²) >= 11 is 0. The van der Waals surface area contributed by atoms with Crippen LogP contribution in [0.5, 0.6) is 34.5 Å². The smallest absolute Gasteiger partial charge is 0.332 e. The monoisotopic (exact) mass is 632 g/mol. The lowest BCUT2D eigenvalue weighted by Crippen LogP contribution is -2.24. The van der Waals surface area contributed by atoms with Crippen LogP contribution < -0.4 is 22.3 Å². The van der Waals surface area contributed by atoms with Crippen molar-refractivity contribution in [2.45, 2.75) is 53.4 Å². The molecule has 0 bridgehead atoms. The lowest BCUT2D eigenvalue weighted by molar-refractivity contribution is 0.248. The zero-order valence-corrected chi connectivity index (χ0v) is 26.0. The second-order valence-corrected chi connectivity index (χ2v) is 11.5. The first-order chi connectivity index (χ1) is 21.5. The Morgan fingerprint density at radius 1 is 0.630 bits per heavy atom. The van der Waals surface area contributed by atoms with E-state index in [-0.39, 0.29) is 44.9 Å². The molecule has 46 heavy (non-hydrogen) atoms. The number of phenols is 6. The predicted octanol–water partition coefficient (Wildman–Crippen LogP) is 4.76. The van der Waals surface area contributed by atoms with E-state index < -0.39 is 46.6 Å². The summed E-state index contributed by atoms with van der Waals surface area (Å²) in [6.45, 7) is 10.5. The van der Waals surface area contributed by atoms with Gasteiger partial charge in [-0.1, -0.05) is 39.8 Å². The molecule has 14 heteroatoms. The number of hydrazone groups is 2. The normalized spacial score (nSPS) is 11.9. The number of nitrogens with two attached hydrogens (primary N) is 2. The van der Waals surface area contributed by atoms with Crippen LogP contribution in [0, 0.1) is 13.8 Å². The van der Waals surface area contributed by atoms with Crippen LogP contribution in [0.4, 0.5) is 9.59 Å². The SMILES string of the molecule is Cc1cc2c(C(C)C)c(O)c(O)c(C=NNC(N)=O)c2c(O)c1-c1c(C)cc2c(C(C)C)c(O)c(O)c(C=NNC(N)=O)c2c1O. The fourth-order valence-electron chi connectivity index (χ4n) is 5.94. The fourth-order valence-corrected chi connectivity index (χ4v) is 5.94. The molecule has 0 saturated heterocycles. The summed E-state index contributed by atoms with van der Waals surface area (Å²) in [6.07, 6.45) is 2.04. The molecule has 4 aromatic carbocycles. The fraction of sp³-hybridized carbons (Fsp3) is 0.250. The van der Waals surface area contributed by atoms with Crippen molar-refractivity contribution in [3.63, 3.8) is 0 Å². The summed E-state index contributed by atoms with van der Waals surface area (Å²) in [5.41, 5.74) is 15.8. The van der Waals surface area contributed by atoms with E-state index in [0.717, 1.165) is 12.4 Å². The van der Waals surface area contributed by atoms with E-state index in [2.05, 4.69) is 10.2 Å². The summed E-state index contributed by atoms with van der Waals surface area (Å²) in [6, 6.07) is 1.38. The molecule has 0 aliphatic carbocycles. The average molecular weight is 633 g/mol. The Kier molecular flexibility index (Phi) is 8.77. The molecule has 12 N–H and O–H groups in total. The van der Waals surface area contributed by atoms with Crippen molar-refractivity contribution in [1.82, 2.24) is 10.9 Å². The molecule has 0 atom stereocenters. The summed E-state index contributed by atoms with van der Waals surface area (Å²) in [5.74, 6) is -3.54. The Morgan fingerprint density at radius 2 is 0.957 bits per heavy atom. The van der Waals surface area contributed by atoms with Crippen molar-refractivity contribution >= 4 is 46.0 Å². The largest absolute Gasteiger partial charge is 0.507 e. The Bertz CT molecular complexity index is 1860. The van der Waals surface area contributed by atoms with Gasteiger partial charge in [0.25, 0.3) is 0 Å². The number of hydrogen-bond acceptors (Lipinski definition) is 10. The molecular weight excluding hydrogens is 596 g/mol. The number of urea groups is 2. The standard InChI is InChI=1S/C32H36N6O8/c1-11(2)19-15-7-13(5)21(27(41)23(15)17(25(39)29(19)43)9-35-37-31(33)45)22-14(6)8-16-20(12(3)4)30(44)26(40)18(24(16)28(22)42)10-36-38-32(34)46/h7-12,39-44H,1-6H3,(H3,33,37,45)(H3,34,38,46). The van der Waals surface area contributed by atoms with E-state index in [0.29, 0.717) is 33.0 Å². The Morgan fingerprint density at radius 3 is 1.24 bits per heavy atom. The van der Waals surface area contributed by atoms with Crippen LogP contribution in [0.1, 0.15) is 72.9 Å². The minimum Gasteiger partial charge on any atom is -0.507 e. The number of carbonyl (C=O) groups is 2. The molecule has 4 rings (SSSR count). The molecule has 0 saturated carbocycles. The molecular formula is C32H36N6O8. The van der Waals surface area contributed by atoms with Gasteiger partial charge in [0.2, 0.25) is 0 Å². The number of nitrogens with zero attached hydrogens (tertiary/aromatic N) is 2. The van der Waals surface area contributed by atoms with Crippen molar-refractivity contribution in [1.29, 1.82) is 0 Å². The number of phenolic OH excluding ortho intramolecular Hbond substituents is 6. The van der Waals surface area contributed by atoms with E-state index in [9.17, 15) is 40.2 Å². The third-order valence-electron chi connectivity index (χ3n) is 7.73. The molecule has 242 valence electrons. The third kappa shape index (κ3) is 5.44. The number of rotatable bonds is 7. The number of benzene rings is 4. The van der Waals surface area contributed by atoms with Crippen molar-refractivity contribution in [3.8, 4) is 45.6 Å². The van der Waals surface area contributed by atoms with Crippen LogP contribution in [-0.2, 0) is 0 Å². The first kappa shape index (κ1) is 33.0. The number of nitrogens with one attached hydrogen (secondary N) is 2. The van der Waals surface area contributed by atoms with Gasteiger partial charge in [0.05, 0.1) is 23.6 Å². The summed E-state index contributed by atoms with van der Waals surface area (Å²) in [5, 5.41) is 76.2. The van der Waals surface area contributed by atoms with Gasteiger partial charge in [0.1, 0.15) is 11.5 Å². The van der Waals surface area contributed by atoms with Gasteiger partial charge in [-0.2, -0.15) is 10.2 Å². The molecule has 0 aliphatic rings. The van der Waals surface area contributed by atoms with Crippen LogP contribution in [0.3, 0.4) is 0 Å². The maximum Gasteiger partial charge on any atom is 0.332 e. The number of hydrogen-bond donors (Lipinski definition) is 10. The van der Waals surface area contributed by atoms with Gasteiger partial charge in [0.15, 0.2) is 23.0 Å². The lowest BCUT2D eigenvalue weighted by Gasteiger charge is -2.23. The lowest BCUT2D eigenvalue weighted by atomic mass is 9.83. The minimum absolute atomic E-state index is 0.0531. The molecule has 4 amide bonds. The highest BCUT2D eigenvalue weighted by Crippen LogP contribution is 2.54. The van der Waals surface area contributed by atoms with Gasteiger partial charge in [-0.05, 0) is 47.6 Å². The first-order valence-electron chi connectivity index (χ1n) is 14.2. The summed E-state index contributed by atoms with van der Waals surface area (Å²) in [4.78, 5) is 22.5. The predicted molar refractivity (Wildman–Crippen MR) is 175 cm³/mol. The van der Waals surface area contributed by atoms with Crippen molar-refractivity contribution in [2.75, 3.05) is 0 Å². The molecule has 14 nitrogen and oxygen atoms in total. The van der Waals surface area contributed by atoms with Crippen LogP contribution in [0.2, 0.25) is 0 Å². The van der Waals surface area contributed by atoms with E-state index in [4.69, 9.17) is 11.5 Å². The van der Waals surface area contributed by atoms with Crippen LogP contribution in [0.15, 0.2) is 22.3 Å². The Hall–Kier alpha value is -5.92. The highest BCUT2D eigenvalue weighted by Gasteiger charge is 2.29. The topological polar surface area (TPSA) is 256 Å². The summed E-state index contributed by atoms with van der Waals surface area (Å²) < 4.78 is 0. The van der Waals surface area contributed by atoms with Gasteiger partial charge < -0.3 is 42.1 Å². The molecule has 0 radical (unpaired) electrons. The van der Waals surface area contributed by atoms with Crippen LogP contribution in [-0.4, -0.2) is 55.1 Å². The van der Waals surface area contributed by atoms with Crippen LogP contribution >= 0.6 is 0 Å².